The average Bonchev–Trinajstić information content (AvgIpc) is 3.29. The van der Waals surface area contributed by atoms with E-state index in [0.717, 1.165) is 48.2 Å². The smallest absolute Gasteiger partial charge is 0.254 e. The number of rotatable bonds is 5. The Bertz CT molecular complexity index is 881. The van der Waals surface area contributed by atoms with Crippen LogP contribution in [0.15, 0.2) is 42.5 Å². The van der Waals surface area contributed by atoms with Crippen molar-refractivity contribution in [2.24, 2.45) is 0 Å². The van der Waals surface area contributed by atoms with Crippen molar-refractivity contribution in [3.63, 3.8) is 0 Å². The highest BCUT2D eigenvalue weighted by molar-refractivity contribution is 6.31. The van der Waals surface area contributed by atoms with E-state index in [2.05, 4.69) is 16.3 Å². The van der Waals surface area contributed by atoms with Gasteiger partial charge in [0, 0.05) is 23.2 Å². The fraction of sp³-hybridized carbons (Fsp3) is 0.417. The van der Waals surface area contributed by atoms with Crippen molar-refractivity contribution in [1.29, 1.82) is 0 Å². The number of ether oxygens (including phenoxy) is 1. The van der Waals surface area contributed by atoms with Gasteiger partial charge in [0.1, 0.15) is 5.75 Å². The minimum absolute atomic E-state index is 0.0103. The third kappa shape index (κ3) is 4.78. The summed E-state index contributed by atoms with van der Waals surface area (Å²) >= 11 is 6.57. The third-order valence-electron chi connectivity index (χ3n) is 5.80. The molecule has 0 radical (unpaired) electrons. The Balaban J connectivity index is 0.000000461. The minimum atomic E-state index is -0.0103. The Hall–Kier alpha value is -2.53. The molecule has 1 N–H and O–H groups in total. The van der Waals surface area contributed by atoms with Gasteiger partial charge in [0.05, 0.1) is 13.2 Å². The van der Waals surface area contributed by atoms with Crippen LogP contribution in [-0.2, 0) is 11.2 Å². The van der Waals surface area contributed by atoms with Crippen LogP contribution in [0.5, 0.6) is 5.75 Å². The van der Waals surface area contributed by atoms with Crippen LogP contribution in [0, 0.1) is 0 Å². The molecule has 1 heterocycles. The van der Waals surface area contributed by atoms with Crippen LogP contribution < -0.4 is 10.1 Å². The van der Waals surface area contributed by atoms with Gasteiger partial charge in [-0.25, -0.2) is 0 Å². The number of hydrogen-bond donors (Lipinski definition) is 1. The van der Waals surface area contributed by atoms with E-state index in [4.69, 9.17) is 16.3 Å². The molecular weight excluding hydrogens is 400 g/mol. The molecule has 2 aromatic carbocycles. The molecule has 2 aliphatic rings. The van der Waals surface area contributed by atoms with Gasteiger partial charge < -0.3 is 15.0 Å². The topological polar surface area (TPSA) is 58.6 Å². The summed E-state index contributed by atoms with van der Waals surface area (Å²) in [6, 6.07) is 14.0. The molecule has 1 unspecified atom stereocenters. The first kappa shape index (κ1) is 22.2. The lowest BCUT2D eigenvalue weighted by molar-refractivity contribution is -0.109. The Kier molecular flexibility index (Phi) is 7.75. The third-order valence-corrected chi connectivity index (χ3v) is 6.13. The first-order chi connectivity index (χ1) is 14.6. The van der Waals surface area contributed by atoms with Crippen molar-refractivity contribution in [2.75, 3.05) is 13.7 Å². The van der Waals surface area contributed by atoms with Crippen LogP contribution >= 0.6 is 11.6 Å². The van der Waals surface area contributed by atoms with Gasteiger partial charge in [-0.2, -0.15) is 0 Å². The quantitative estimate of drug-likeness (QED) is 0.697. The van der Waals surface area contributed by atoms with Crippen molar-refractivity contribution in [3.05, 3.63) is 64.2 Å². The van der Waals surface area contributed by atoms with E-state index in [-0.39, 0.29) is 11.9 Å². The average molecular weight is 429 g/mol. The van der Waals surface area contributed by atoms with E-state index in [1.807, 2.05) is 43.3 Å². The molecule has 0 bridgehead atoms. The van der Waals surface area contributed by atoms with Crippen molar-refractivity contribution in [3.8, 4) is 5.75 Å². The summed E-state index contributed by atoms with van der Waals surface area (Å²) in [7, 11) is 1.64. The maximum absolute atomic E-state index is 13.3. The molecule has 1 saturated carbocycles. The molecule has 160 valence electrons. The maximum Gasteiger partial charge on any atom is 0.254 e. The second-order valence-electron chi connectivity index (χ2n) is 7.59. The Morgan fingerprint density at radius 3 is 2.53 bits per heavy atom. The number of carbonyl (C=O) groups is 2. The molecule has 2 amide bonds. The van der Waals surface area contributed by atoms with Crippen LogP contribution in [0.25, 0.3) is 0 Å². The van der Waals surface area contributed by atoms with Gasteiger partial charge in [0.15, 0.2) is 0 Å². The van der Waals surface area contributed by atoms with Crippen LogP contribution in [-0.4, -0.2) is 36.9 Å². The first-order valence-electron chi connectivity index (χ1n) is 10.5. The zero-order valence-electron chi connectivity index (χ0n) is 17.6. The molecule has 1 fully saturated rings. The summed E-state index contributed by atoms with van der Waals surface area (Å²) in [5.41, 5.74) is 2.96. The number of methoxy groups -OCH3 is 1. The number of carbonyl (C=O) groups excluding carboxylic acids is 2. The molecule has 1 aliphatic carbocycles. The van der Waals surface area contributed by atoms with Crippen molar-refractivity contribution >= 4 is 23.9 Å². The van der Waals surface area contributed by atoms with Crippen LogP contribution in [0.3, 0.4) is 0 Å². The Morgan fingerprint density at radius 2 is 1.93 bits per heavy atom. The lowest BCUT2D eigenvalue weighted by Gasteiger charge is -2.41. The highest BCUT2D eigenvalue weighted by Gasteiger charge is 2.39. The normalized spacial score (nSPS) is 18.3. The molecule has 1 aliphatic heterocycles. The Morgan fingerprint density at radius 1 is 1.20 bits per heavy atom. The van der Waals surface area contributed by atoms with Crippen molar-refractivity contribution in [2.45, 2.75) is 51.1 Å². The largest absolute Gasteiger partial charge is 0.497 e. The first-order valence-corrected chi connectivity index (χ1v) is 10.9. The molecule has 0 aromatic heterocycles. The van der Waals surface area contributed by atoms with Crippen LogP contribution in [0.2, 0.25) is 5.02 Å². The maximum atomic E-state index is 13.3. The molecule has 0 saturated heterocycles. The van der Waals surface area contributed by atoms with E-state index < -0.39 is 0 Å². The summed E-state index contributed by atoms with van der Waals surface area (Å²) in [4.78, 5) is 24.7. The molecule has 30 heavy (non-hydrogen) atoms. The lowest BCUT2D eigenvalue weighted by atomic mass is 9.87. The number of nitrogens with zero attached hydrogens (tertiary/aromatic N) is 1. The van der Waals surface area contributed by atoms with Gasteiger partial charge in [-0.1, -0.05) is 48.7 Å². The van der Waals surface area contributed by atoms with E-state index in [0.29, 0.717) is 17.5 Å². The fourth-order valence-electron chi connectivity index (χ4n) is 4.35. The number of amides is 2. The molecule has 6 heteroatoms. The second-order valence-corrected chi connectivity index (χ2v) is 8.00. The molecule has 1 atom stereocenters. The second kappa shape index (κ2) is 10.5. The number of fused-ring (bicyclic) bond motifs is 1. The minimum Gasteiger partial charge on any atom is -0.497 e. The fourth-order valence-corrected chi connectivity index (χ4v) is 4.64. The van der Waals surface area contributed by atoms with E-state index in [9.17, 15) is 9.59 Å². The number of nitrogens with one attached hydrogen (secondary N) is 1. The van der Waals surface area contributed by atoms with Gasteiger partial charge in [-0.05, 0) is 55.5 Å². The molecule has 5 nitrogen and oxygen atoms in total. The van der Waals surface area contributed by atoms with Gasteiger partial charge in [0.25, 0.3) is 5.91 Å². The van der Waals surface area contributed by atoms with Crippen LogP contribution in [0.4, 0.5) is 0 Å². The van der Waals surface area contributed by atoms with Gasteiger partial charge in [-0.3, -0.25) is 9.59 Å². The SMILES string of the molecule is CCNC=O.COc1ccc(C2Cc3ccccc3C(=O)N2C2CCCC2)c(Cl)c1. The molecular formula is C24H29ClN2O3. The summed E-state index contributed by atoms with van der Waals surface area (Å²) in [6.07, 6.45) is 6.04. The summed E-state index contributed by atoms with van der Waals surface area (Å²) in [5, 5.41) is 3.10. The zero-order chi connectivity index (χ0) is 21.5. The predicted molar refractivity (Wildman–Crippen MR) is 119 cm³/mol. The Labute approximate surface area is 183 Å². The lowest BCUT2D eigenvalue weighted by Crippen LogP contribution is -2.45. The van der Waals surface area contributed by atoms with Gasteiger partial charge >= 0.3 is 0 Å². The number of hydrogen-bond acceptors (Lipinski definition) is 3. The van der Waals surface area contributed by atoms with Crippen molar-refractivity contribution in [1.82, 2.24) is 10.2 Å². The number of halogens is 1. The highest BCUT2D eigenvalue weighted by Crippen LogP contribution is 2.41. The molecule has 4 rings (SSSR count). The van der Waals surface area contributed by atoms with Gasteiger partial charge in [0.2, 0.25) is 6.41 Å². The van der Waals surface area contributed by atoms with Crippen molar-refractivity contribution < 1.29 is 14.3 Å². The summed E-state index contributed by atoms with van der Waals surface area (Å²) in [6.45, 7) is 2.60. The summed E-state index contributed by atoms with van der Waals surface area (Å²) < 4.78 is 5.28. The highest BCUT2D eigenvalue weighted by atomic mass is 35.5. The monoisotopic (exact) mass is 428 g/mol. The van der Waals surface area contributed by atoms with Crippen LogP contribution in [0.1, 0.15) is 60.1 Å². The van der Waals surface area contributed by atoms with E-state index in [1.165, 1.54) is 12.8 Å². The standard InChI is InChI=1S/C21H22ClNO2.C3H7NO/c1-25-16-10-11-18(19(22)13-16)20-12-14-6-2-5-9-17(14)21(24)23(20)15-7-3-4-8-15;1-2-4-3-5/h2,5-6,9-11,13,15,20H,3-4,7-8,12H2,1H3;3H,2H2,1H3,(H,4,5). The zero-order valence-corrected chi connectivity index (χ0v) is 18.3. The van der Waals surface area contributed by atoms with E-state index >= 15 is 0 Å². The molecule has 2 aromatic rings. The van der Waals surface area contributed by atoms with E-state index in [1.54, 1.807) is 7.11 Å². The predicted octanol–water partition coefficient (Wildman–Crippen LogP) is 4.78. The summed E-state index contributed by atoms with van der Waals surface area (Å²) in [5.74, 6) is 0.884. The number of benzene rings is 2. The molecule has 0 spiro atoms. The van der Waals surface area contributed by atoms with Gasteiger partial charge in [-0.15, -0.1) is 0 Å².